The summed E-state index contributed by atoms with van der Waals surface area (Å²) in [7, 11) is 0. The van der Waals surface area contributed by atoms with E-state index in [-0.39, 0.29) is 65.6 Å². The van der Waals surface area contributed by atoms with Gasteiger partial charge in [-0.15, -0.1) is 0 Å². The maximum absolute atomic E-state index is 16.6. The van der Waals surface area contributed by atoms with Crippen LogP contribution in [0.4, 0.5) is 30.7 Å². The first-order valence-corrected chi connectivity index (χ1v) is 17.6. The third-order valence-electron chi connectivity index (χ3n) is 9.14. The molecule has 5 rings (SSSR count). The SMILES string of the molecule is CCOC(=O)C[C@H](NC(=O)C(c1cc(Br)ccc1F)n1cc(CCN2CC(F)C2)c(C(F)(F)F)cc1=O)c1c(F)c(C)cc(-c2c(C)cccc2O)c1F. The second-order valence-electron chi connectivity index (χ2n) is 13.0. The Morgan fingerprint density at radius 1 is 1.04 bits per heavy atom. The number of carbonyl (C=O) groups excluding carboxylic acids is 2. The number of carbonyl (C=O) groups is 2. The van der Waals surface area contributed by atoms with E-state index in [1.807, 2.05) is 0 Å². The summed E-state index contributed by atoms with van der Waals surface area (Å²) in [6.45, 7) is 4.13. The molecule has 288 valence electrons. The standard InChI is InChI=1S/C38H35BrF7N3O5/c1-4-54-31(52)15-28(33-34(42)20(3)12-25(35(33)43)32-19(2)6-5-7-29(32)50)47-37(53)36(24-13-22(39)8-9-27(24)41)49-16-21(10-11-48-17-23(40)18-48)26(14-30(49)51)38(44,45)46/h5-9,12-14,16,23,28,36,50H,4,10-11,15,17-18H2,1-3H3,(H,47,53)/t28-,36?/m0/s1. The van der Waals surface area contributed by atoms with E-state index in [1.165, 1.54) is 32.0 Å². The Morgan fingerprint density at radius 2 is 1.74 bits per heavy atom. The number of ether oxygens (including phenoxy) is 1. The van der Waals surface area contributed by atoms with Gasteiger partial charge < -0.3 is 15.2 Å². The molecule has 8 nitrogen and oxygen atoms in total. The van der Waals surface area contributed by atoms with Crippen molar-refractivity contribution in [3.8, 4) is 16.9 Å². The molecule has 54 heavy (non-hydrogen) atoms. The zero-order valence-electron chi connectivity index (χ0n) is 29.2. The van der Waals surface area contributed by atoms with Gasteiger partial charge >= 0.3 is 12.1 Å². The molecule has 1 saturated heterocycles. The molecule has 2 heterocycles. The van der Waals surface area contributed by atoms with Crippen LogP contribution in [0.1, 0.15) is 58.8 Å². The smallest absolute Gasteiger partial charge is 0.416 e. The number of hydrogen-bond acceptors (Lipinski definition) is 6. The van der Waals surface area contributed by atoms with Crippen molar-refractivity contribution in [1.82, 2.24) is 14.8 Å². The lowest BCUT2D eigenvalue weighted by Gasteiger charge is -2.34. The number of aromatic nitrogens is 1. The molecule has 3 aromatic carbocycles. The van der Waals surface area contributed by atoms with Crippen LogP contribution in [0.2, 0.25) is 0 Å². The third-order valence-corrected chi connectivity index (χ3v) is 9.63. The van der Waals surface area contributed by atoms with Crippen LogP contribution < -0.4 is 10.9 Å². The predicted octanol–water partition coefficient (Wildman–Crippen LogP) is 7.63. The van der Waals surface area contributed by atoms with E-state index in [9.17, 15) is 37.1 Å². The number of rotatable bonds is 12. The van der Waals surface area contributed by atoms with Gasteiger partial charge in [0.15, 0.2) is 0 Å². The highest BCUT2D eigenvalue weighted by atomic mass is 79.9. The molecule has 1 aliphatic heterocycles. The Labute approximate surface area is 313 Å². The normalized spacial score (nSPS) is 14.7. The van der Waals surface area contributed by atoms with Gasteiger partial charge in [-0.25, -0.2) is 17.6 Å². The number of nitrogens with one attached hydrogen (secondary N) is 1. The van der Waals surface area contributed by atoms with Crippen LogP contribution >= 0.6 is 15.9 Å². The van der Waals surface area contributed by atoms with Gasteiger partial charge in [0.25, 0.3) is 5.56 Å². The zero-order valence-corrected chi connectivity index (χ0v) is 30.8. The summed E-state index contributed by atoms with van der Waals surface area (Å²) in [5, 5.41) is 13.0. The maximum atomic E-state index is 16.6. The lowest BCUT2D eigenvalue weighted by Crippen LogP contribution is -2.49. The van der Waals surface area contributed by atoms with Crippen LogP contribution in [-0.4, -0.2) is 58.9 Å². The van der Waals surface area contributed by atoms with Crippen molar-refractivity contribution < 1.29 is 50.2 Å². The third kappa shape index (κ3) is 8.65. The number of phenols is 1. The highest BCUT2D eigenvalue weighted by Gasteiger charge is 2.38. The zero-order chi connectivity index (χ0) is 39.6. The molecule has 2 N–H and O–H groups in total. The van der Waals surface area contributed by atoms with E-state index in [4.69, 9.17) is 4.74 Å². The fraction of sp³-hybridized carbons (Fsp3) is 0.342. The highest BCUT2D eigenvalue weighted by Crippen LogP contribution is 2.40. The van der Waals surface area contributed by atoms with E-state index in [0.717, 1.165) is 24.4 Å². The Morgan fingerprint density at radius 3 is 2.37 bits per heavy atom. The molecule has 1 aromatic heterocycles. The number of benzene rings is 3. The number of halogens is 8. The van der Waals surface area contributed by atoms with Gasteiger partial charge in [-0.2, -0.15) is 13.2 Å². The topological polar surface area (TPSA) is 101 Å². The number of aryl methyl sites for hydroxylation is 2. The average molecular weight is 827 g/mol. The van der Waals surface area contributed by atoms with Gasteiger partial charge in [0.2, 0.25) is 5.91 Å². The Balaban J connectivity index is 1.68. The minimum Gasteiger partial charge on any atom is -0.507 e. The van der Waals surface area contributed by atoms with Crippen LogP contribution in [0.15, 0.2) is 64.0 Å². The molecular weight excluding hydrogens is 791 g/mol. The number of aromatic hydroxyl groups is 1. The van der Waals surface area contributed by atoms with Gasteiger partial charge in [0, 0.05) is 58.6 Å². The van der Waals surface area contributed by atoms with Crippen LogP contribution in [0.5, 0.6) is 5.75 Å². The molecule has 1 amide bonds. The van der Waals surface area contributed by atoms with Crippen LogP contribution in [-0.2, 0) is 26.9 Å². The summed E-state index contributed by atoms with van der Waals surface area (Å²) in [5.74, 6) is -6.19. The summed E-state index contributed by atoms with van der Waals surface area (Å²) in [5.41, 5.74) is -4.51. The van der Waals surface area contributed by atoms with E-state index in [0.29, 0.717) is 10.1 Å². The minimum absolute atomic E-state index is 0.00116. The predicted molar refractivity (Wildman–Crippen MR) is 188 cm³/mol. The molecule has 4 aromatic rings. The van der Waals surface area contributed by atoms with Crippen molar-refractivity contribution >= 4 is 27.8 Å². The quantitative estimate of drug-likeness (QED) is 0.113. The molecule has 0 saturated carbocycles. The second-order valence-corrected chi connectivity index (χ2v) is 13.9. The first-order chi connectivity index (χ1) is 25.4. The summed E-state index contributed by atoms with van der Waals surface area (Å²) < 4.78 is 110. The molecule has 0 radical (unpaired) electrons. The van der Waals surface area contributed by atoms with Gasteiger partial charge in [-0.3, -0.25) is 23.9 Å². The van der Waals surface area contributed by atoms with Crippen LogP contribution in [0.3, 0.4) is 0 Å². The largest absolute Gasteiger partial charge is 0.507 e. The first-order valence-electron chi connectivity index (χ1n) is 16.8. The molecule has 1 aliphatic rings. The van der Waals surface area contributed by atoms with Crippen LogP contribution in [0, 0.1) is 31.3 Å². The number of phenolic OH excluding ortho intramolecular Hbond substituents is 1. The van der Waals surface area contributed by atoms with E-state index >= 15 is 13.2 Å². The number of pyridine rings is 1. The van der Waals surface area contributed by atoms with E-state index < -0.39 is 88.0 Å². The van der Waals surface area contributed by atoms with Crippen molar-refractivity contribution in [1.29, 1.82) is 0 Å². The number of alkyl halides is 4. The summed E-state index contributed by atoms with van der Waals surface area (Å²) in [6.07, 6.45) is -6.61. The Bertz CT molecular complexity index is 2120. The Kier molecular flexibility index (Phi) is 12.3. The molecular formula is C38H35BrF7N3O5. The molecule has 0 spiro atoms. The number of hydrogen-bond donors (Lipinski definition) is 2. The number of esters is 1. The average Bonchev–Trinajstić information content (AvgIpc) is 3.07. The lowest BCUT2D eigenvalue weighted by molar-refractivity contribution is -0.144. The van der Waals surface area contributed by atoms with E-state index in [1.54, 1.807) is 17.9 Å². The molecule has 0 bridgehead atoms. The Hall–Kier alpha value is -4.70. The number of likely N-dealkylation sites (tertiary alicyclic amines) is 1. The van der Waals surface area contributed by atoms with E-state index in [2.05, 4.69) is 21.2 Å². The molecule has 0 aliphatic carbocycles. The monoisotopic (exact) mass is 825 g/mol. The summed E-state index contributed by atoms with van der Waals surface area (Å²) >= 11 is 3.17. The van der Waals surface area contributed by atoms with Gasteiger partial charge in [-0.05, 0) is 74.2 Å². The van der Waals surface area contributed by atoms with Crippen molar-refractivity contribution in [3.63, 3.8) is 0 Å². The first kappa shape index (κ1) is 40.5. The van der Waals surface area contributed by atoms with Crippen molar-refractivity contribution in [2.24, 2.45) is 0 Å². The molecule has 1 unspecified atom stereocenters. The molecule has 1 fully saturated rings. The maximum Gasteiger partial charge on any atom is 0.416 e. The van der Waals surface area contributed by atoms with Crippen molar-refractivity contribution in [2.75, 3.05) is 26.2 Å². The van der Waals surface area contributed by atoms with Gasteiger partial charge in [0.1, 0.15) is 35.4 Å². The minimum atomic E-state index is -5.02. The number of nitrogens with zero attached hydrogens (tertiary/aromatic N) is 2. The fourth-order valence-corrected chi connectivity index (χ4v) is 6.90. The van der Waals surface area contributed by atoms with Gasteiger partial charge in [-0.1, -0.05) is 28.1 Å². The highest BCUT2D eigenvalue weighted by molar-refractivity contribution is 9.10. The van der Waals surface area contributed by atoms with Crippen molar-refractivity contribution in [2.45, 2.75) is 58.0 Å². The summed E-state index contributed by atoms with van der Waals surface area (Å²) in [6, 6.07) is 5.09. The molecule has 2 atom stereocenters. The fourth-order valence-electron chi connectivity index (χ4n) is 6.52. The lowest BCUT2D eigenvalue weighted by atomic mass is 9.91. The molecule has 16 heteroatoms. The summed E-state index contributed by atoms with van der Waals surface area (Å²) in [4.78, 5) is 42.4. The van der Waals surface area contributed by atoms with Gasteiger partial charge in [0.05, 0.1) is 24.6 Å². The second kappa shape index (κ2) is 16.3. The number of amides is 1. The van der Waals surface area contributed by atoms with Crippen molar-refractivity contribution in [3.05, 3.63) is 120 Å². The van der Waals surface area contributed by atoms with Crippen LogP contribution in [0.25, 0.3) is 11.1 Å².